The molecule has 5 nitrogen and oxygen atoms in total. The number of rotatable bonds is 5. The van der Waals surface area contributed by atoms with Crippen molar-refractivity contribution in [2.75, 3.05) is 0 Å². The summed E-state index contributed by atoms with van der Waals surface area (Å²) in [5, 5.41) is 13.0. The van der Waals surface area contributed by atoms with Gasteiger partial charge < -0.3 is 9.84 Å². The molecular weight excluding hydrogens is 347 g/mol. The van der Waals surface area contributed by atoms with E-state index >= 15 is 0 Å². The first-order chi connectivity index (χ1) is 12.4. The van der Waals surface area contributed by atoms with Gasteiger partial charge in [0.05, 0.1) is 11.3 Å². The van der Waals surface area contributed by atoms with Crippen molar-refractivity contribution in [2.45, 2.75) is 26.3 Å². The molecule has 0 bridgehead atoms. The summed E-state index contributed by atoms with van der Waals surface area (Å²) >= 11 is 0. The zero-order valence-corrected chi connectivity index (χ0v) is 13.9. The molecule has 2 aromatic carbocycles. The minimum absolute atomic E-state index is 0.118. The average Bonchev–Trinajstić information content (AvgIpc) is 3.09. The molecule has 0 aliphatic carbocycles. The van der Waals surface area contributed by atoms with Gasteiger partial charge in [-0.3, -0.25) is 0 Å². The molecule has 8 heteroatoms. The number of aliphatic hydroxyl groups excluding tert-OH is 1. The van der Waals surface area contributed by atoms with E-state index in [0.717, 1.165) is 6.07 Å². The Morgan fingerprint density at radius 2 is 1.85 bits per heavy atom. The minimum Gasteiger partial charge on any atom is -0.489 e. The van der Waals surface area contributed by atoms with Crippen molar-refractivity contribution >= 4 is 0 Å². The van der Waals surface area contributed by atoms with Crippen LogP contribution >= 0.6 is 0 Å². The first-order valence-electron chi connectivity index (χ1n) is 7.79. The van der Waals surface area contributed by atoms with E-state index in [1.165, 1.54) is 17.1 Å². The lowest BCUT2D eigenvalue weighted by Crippen LogP contribution is -2.12. The van der Waals surface area contributed by atoms with Gasteiger partial charge in [-0.15, -0.1) is 5.10 Å². The lowest BCUT2D eigenvalue weighted by atomic mass is 10.0. The highest BCUT2D eigenvalue weighted by molar-refractivity contribution is 5.38. The third-order valence-corrected chi connectivity index (χ3v) is 3.88. The summed E-state index contributed by atoms with van der Waals surface area (Å²) in [5.41, 5.74) is 0.647. The summed E-state index contributed by atoms with van der Waals surface area (Å²) in [6, 6.07) is 10.7. The summed E-state index contributed by atoms with van der Waals surface area (Å²) in [4.78, 5) is 3.92. The van der Waals surface area contributed by atoms with E-state index in [0.29, 0.717) is 22.8 Å². The number of hydrogen-bond acceptors (Lipinski definition) is 4. The standard InChI is InChI=1S/C18H16F3N3O2/c1-12-3-2-4-16(18(19,20)21)15(12)10-26-14-7-5-13(6-8-14)24-11-22-17(9-25)23-24/h2-8,11,25H,9-10H2,1H3. The molecule has 0 aliphatic heterocycles. The number of aryl methyl sites for hydroxylation is 1. The van der Waals surface area contributed by atoms with Crippen LogP contribution < -0.4 is 4.74 Å². The van der Waals surface area contributed by atoms with Crippen LogP contribution in [0.15, 0.2) is 48.8 Å². The molecule has 0 saturated carbocycles. The molecule has 0 fully saturated rings. The Morgan fingerprint density at radius 3 is 2.46 bits per heavy atom. The van der Waals surface area contributed by atoms with E-state index in [1.54, 1.807) is 37.3 Å². The van der Waals surface area contributed by atoms with Crippen molar-refractivity contribution in [3.05, 3.63) is 71.3 Å². The maximum atomic E-state index is 13.1. The lowest BCUT2D eigenvalue weighted by molar-refractivity contribution is -0.138. The van der Waals surface area contributed by atoms with Crippen molar-refractivity contribution in [2.24, 2.45) is 0 Å². The molecule has 0 aliphatic rings. The number of benzene rings is 2. The Bertz CT molecular complexity index is 889. The minimum atomic E-state index is -4.42. The van der Waals surface area contributed by atoms with Gasteiger partial charge >= 0.3 is 6.18 Å². The molecule has 3 rings (SSSR count). The number of alkyl halides is 3. The zero-order chi connectivity index (χ0) is 18.7. The lowest BCUT2D eigenvalue weighted by Gasteiger charge is -2.16. The Balaban J connectivity index is 1.75. The van der Waals surface area contributed by atoms with Gasteiger partial charge in [0.2, 0.25) is 0 Å². The molecule has 0 unspecified atom stereocenters. The number of aromatic nitrogens is 3. The predicted molar refractivity (Wildman–Crippen MR) is 87.8 cm³/mol. The Kier molecular flexibility index (Phi) is 4.94. The van der Waals surface area contributed by atoms with E-state index in [1.807, 2.05) is 0 Å². The third kappa shape index (κ3) is 3.85. The topological polar surface area (TPSA) is 60.2 Å². The number of halogens is 3. The van der Waals surface area contributed by atoms with Gasteiger partial charge in [-0.2, -0.15) is 13.2 Å². The van der Waals surface area contributed by atoms with Gasteiger partial charge in [0, 0.05) is 5.56 Å². The van der Waals surface area contributed by atoms with Crippen LogP contribution in [-0.4, -0.2) is 19.9 Å². The van der Waals surface area contributed by atoms with Crippen LogP contribution in [0, 0.1) is 6.92 Å². The van der Waals surface area contributed by atoms with Gasteiger partial charge in [-0.05, 0) is 42.8 Å². The van der Waals surface area contributed by atoms with E-state index in [2.05, 4.69) is 10.1 Å². The fraction of sp³-hybridized carbons (Fsp3) is 0.222. The first kappa shape index (κ1) is 17.9. The molecule has 1 N–H and O–H groups in total. The van der Waals surface area contributed by atoms with E-state index in [-0.39, 0.29) is 18.8 Å². The first-order valence-corrected chi connectivity index (χ1v) is 7.79. The monoisotopic (exact) mass is 363 g/mol. The molecule has 26 heavy (non-hydrogen) atoms. The van der Waals surface area contributed by atoms with E-state index in [4.69, 9.17) is 9.84 Å². The van der Waals surface area contributed by atoms with Crippen LogP contribution in [0.1, 0.15) is 22.5 Å². The molecule has 1 heterocycles. The zero-order valence-electron chi connectivity index (χ0n) is 13.9. The molecule has 0 spiro atoms. The van der Waals surface area contributed by atoms with Gasteiger partial charge in [-0.25, -0.2) is 9.67 Å². The normalized spacial score (nSPS) is 11.6. The van der Waals surface area contributed by atoms with Crippen LogP contribution in [0.5, 0.6) is 5.75 Å². The van der Waals surface area contributed by atoms with E-state index < -0.39 is 11.7 Å². The molecule has 0 atom stereocenters. The summed E-state index contributed by atoms with van der Waals surface area (Å²) in [5.74, 6) is 0.734. The molecule has 0 saturated heterocycles. The Labute approximate surface area is 147 Å². The van der Waals surface area contributed by atoms with Gasteiger partial charge in [-0.1, -0.05) is 12.1 Å². The fourth-order valence-corrected chi connectivity index (χ4v) is 2.50. The van der Waals surface area contributed by atoms with Crippen LogP contribution in [0.3, 0.4) is 0 Å². The maximum absolute atomic E-state index is 13.1. The van der Waals surface area contributed by atoms with Crippen LogP contribution in [-0.2, 0) is 19.4 Å². The number of ether oxygens (including phenoxy) is 1. The highest BCUT2D eigenvalue weighted by atomic mass is 19.4. The van der Waals surface area contributed by atoms with Crippen molar-refractivity contribution < 1.29 is 23.0 Å². The number of hydrogen-bond donors (Lipinski definition) is 1. The third-order valence-electron chi connectivity index (χ3n) is 3.88. The second-order valence-corrected chi connectivity index (χ2v) is 5.64. The fourth-order valence-electron chi connectivity index (χ4n) is 2.50. The molecule has 1 aromatic heterocycles. The van der Waals surface area contributed by atoms with Crippen LogP contribution in [0.2, 0.25) is 0 Å². The maximum Gasteiger partial charge on any atom is 0.416 e. The van der Waals surface area contributed by atoms with Crippen molar-refractivity contribution in [1.82, 2.24) is 14.8 Å². The van der Waals surface area contributed by atoms with Gasteiger partial charge in [0.25, 0.3) is 0 Å². The molecular formula is C18H16F3N3O2. The number of nitrogens with zero attached hydrogens (tertiary/aromatic N) is 3. The van der Waals surface area contributed by atoms with Crippen LogP contribution in [0.25, 0.3) is 5.69 Å². The summed E-state index contributed by atoms with van der Waals surface area (Å²) < 4.78 is 46.4. The molecule has 0 amide bonds. The summed E-state index contributed by atoms with van der Waals surface area (Å²) in [7, 11) is 0. The largest absolute Gasteiger partial charge is 0.489 e. The SMILES string of the molecule is Cc1cccc(C(F)(F)F)c1COc1ccc(-n2cnc(CO)n2)cc1. The predicted octanol–water partition coefficient (Wildman–Crippen LogP) is 3.67. The second kappa shape index (κ2) is 7.17. The molecule has 0 radical (unpaired) electrons. The van der Waals surface area contributed by atoms with E-state index in [9.17, 15) is 13.2 Å². The smallest absolute Gasteiger partial charge is 0.416 e. The highest BCUT2D eigenvalue weighted by Crippen LogP contribution is 2.33. The highest BCUT2D eigenvalue weighted by Gasteiger charge is 2.33. The van der Waals surface area contributed by atoms with Crippen molar-refractivity contribution in [1.29, 1.82) is 0 Å². The summed E-state index contributed by atoms with van der Waals surface area (Å²) in [6.45, 7) is 1.19. The van der Waals surface area contributed by atoms with Crippen molar-refractivity contribution in [3.63, 3.8) is 0 Å². The van der Waals surface area contributed by atoms with Crippen molar-refractivity contribution in [3.8, 4) is 11.4 Å². The van der Waals surface area contributed by atoms with Gasteiger partial charge in [0.1, 0.15) is 25.3 Å². The molecule has 3 aromatic rings. The van der Waals surface area contributed by atoms with Crippen LogP contribution in [0.4, 0.5) is 13.2 Å². The Morgan fingerprint density at radius 1 is 1.12 bits per heavy atom. The summed E-state index contributed by atoms with van der Waals surface area (Å²) in [6.07, 6.45) is -2.96. The quantitative estimate of drug-likeness (QED) is 0.751. The second-order valence-electron chi connectivity index (χ2n) is 5.64. The Hall–Kier alpha value is -2.87. The molecule has 136 valence electrons. The number of aliphatic hydroxyl groups is 1. The van der Waals surface area contributed by atoms with Gasteiger partial charge in [0.15, 0.2) is 5.82 Å². The average molecular weight is 363 g/mol.